The molecule has 3 N–H and O–H groups in total. The summed E-state index contributed by atoms with van der Waals surface area (Å²) in [6.07, 6.45) is -0.908. The number of hydrogen-bond donors (Lipinski definition) is 3. The van der Waals surface area contributed by atoms with Crippen LogP contribution in [0, 0.1) is 5.92 Å². The van der Waals surface area contributed by atoms with Gasteiger partial charge in [0, 0.05) is 13.0 Å². The van der Waals surface area contributed by atoms with E-state index in [1.54, 1.807) is 13.8 Å². The number of nitrogens with one attached hydrogen (secondary N) is 2. The van der Waals surface area contributed by atoms with E-state index < -0.39 is 36.2 Å². The maximum absolute atomic E-state index is 12.9. The lowest BCUT2D eigenvalue weighted by Crippen LogP contribution is -2.57. The molecule has 2 aromatic rings. The molecular formula is C26H32N2O6. The number of alkyl carbamates (subject to hydrolysis) is 1. The van der Waals surface area contributed by atoms with E-state index in [0.29, 0.717) is 6.42 Å². The zero-order chi connectivity index (χ0) is 24.8. The van der Waals surface area contributed by atoms with Crippen molar-refractivity contribution in [1.82, 2.24) is 10.6 Å². The van der Waals surface area contributed by atoms with Gasteiger partial charge in [0.2, 0.25) is 5.91 Å². The van der Waals surface area contributed by atoms with Gasteiger partial charge in [-0.05, 0) is 35.1 Å². The van der Waals surface area contributed by atoms with E-state index >= 15 is 0 Å². The molecule has 4 atom stereocenters. The van der Waals surface area contributed by atoms with Gasteiger partial charge in [0.05, 0.1) is 6.10 Å². The van der Waals surface area contributed by atoms with Gasteiger partial charge >= 0.3 is 12.1 Å². The molecule has 2 unspecified atom stereocenters. The molecular weight excluding hydrogens is 436 g/mol. The molecule has 34 heavy (non-hydrogen) atoms. The van der Waals surface area contributed by atoms with Crippen LogP contribution in [-0.4, -0.2) is 55.0 Å². The number of carbonyl (C=O) groups excluding carboxylic acids is 2. The first kappa shape index (κ1) is 25.2. The third-order valence-electron chi connectivity index (χ3n) is 6.52. The van der Waals surface area contributed by atoms with Gasteiger partial charge in [0.15, 0.2) is 0 Å². The van der Waals surface area contributed by atoms with Gasteiger partial charge in [0.25, 0.3) is 0 Å². The maximum atomic E-state index is 12.9. The molecule has 0 bridgehead atoms. The average Bonchev–Trinajstić information content (AvgIpc) is 3.17. The third kappa shape index (κ3) is 5.39. The van der Waals surface area contributed by atoms with Gasteiger partial charge in [-0.25, -0.2) is 9.59 Å². The fourth-order valence-electron chi connectivity index (χ4n) is 4.23. The van der Waals surface area contributed by atoms with Gasteiger partial charge in [-0.2, -0.15) is 0 Å². The molecule has 0 heterocycles. The highest BCUT2D eigenvalue weighted by Crippen LogP contribution is 2.44. The molecule has 2 amide bonds. The maximum Gasteiger partial charge on any atom is 0.407 e. The molecule has 182 valence electrons. The summed E-state index contributed by atoms with van der Waals surface area (Å²) in [4.78, 5) is 37.2. The lowest BCUT2D eigenvalue weighted by Gasteiger charge is -2.27. The molecule has 0 saturated carbocycles. The number of benzene rings is 2. The smallest absolute Gasteiger partial charge is 0.407 e. The summed E-state index contributed by atoms with van der Waals surface area (Å²) >= 11 is 0. The topological polar surface area (TPSA) is 114 Å². The lowest BCUT2D eigenvalue weighted by molar-refractivity contribution is -0.144. The Hall–Kier alpha value is -3.39. The number of methoxy groups -OCH3 is 1. The first-order chi connectivity index (χ1) is 16.3. The number of fused-ring (bicyclic) bond motifs is 3. The van der Waals surface area contributed by atoms with E-state index in [1.165, 1.54) is 7.11 Å². The predicted molar refractivity (Wildman–Crippen MR) is 127 cm³/mol. The number of aliphatic carboxylic acids is 1. The molecule has 0 spiro atoms. The van der Waals surface area contributed by atoms with Crippen LogP contribution in [0.5, 0.6) is 0 Å². The Kier molecular flexibility index (Phi) is 8.28. The highest BCUT2D eigenvalue weighted by Gasteiger charge is 2.34. The van der Waals surface area contributed by atoms with Crippen molar-refractivity contribution < 1.29 is 29.0 Å². The fourth-order valence-corrected chi connectivity index (χ4v) is 4.23. The summed E-state index contributed by atoms with van der Waals surface area (Å²) < 4.78 is 10.8. The molecule has 0 saturated heterocycles. The van der Waals surface area contributed by atoms with Crippen molar-refractivity contribution in [3.05, 3.63) is 59.7 Å². The van der Waals surface area contributed by atoms with Crippen LogP contribution < -0.4 is 10.6 Å². The van der Waals surface area contributed by atoms with Gasteiger partial charge in [-0.3, -0.25) is 4.79 Å². The first-order valence-corrected chi connectivity index (χ1v) is 11.5. The summed E-state index contributed by atoms with van der Waals surface area (Å²) in [5.41, 5.74) is 4.38. The Labute approximate surface area is 199 Å². The molecule has 8 nitrogen and oxygen atoms in total. The number of amides is 2. The minimum absolute atomic E-state index is 0.0974. The van der Waals surface area contributed by atoms with Crippen molar-refractivity contribution in [2.75, 3.05) is 13.7 Å². The van der Waals surface area contributed by atoms with Crippen molar-refractivity contribution in [1.29, 1.82) is 0 Å². The Morgan fingerprint density at radius 2 is 1.50 bits per heavy atom. The molecule has 0 radical (unpaired) electrons. The third-order valence-corrected chi connectivity index (χ3v) is 6.52. The number of ether oxygens (including phenoxy) is 2. The van der Waals surface area contributed by atoms with Crippen LogP contribution in [0.2, 0.25) is 0 Å². The average molecular weight is 469 g/mol. The minimum Gasteiger partial charge on any atom is -0.480 e. The Morgan fingerprint density at radius 3 is 2.00 bits per heavy atom. The Bertz CT molecular complexity index is 994. The van der Waals surface area contributed by atoms with Gasteiger partial charge < -0.3 is 25.2 Å². The van der Waals surface area contributed by atoms with E-state index in [0.717, 1.165) is 22.3 Å². The van der Waals surface area contributed by atoms with Crippen LogP contribution >= 0.6 is 0 Å². The van der Waals surface area contributed by atoms with Gasteiger partial charge in [-0.1, -0.05) is 68.8 Å². The molecule has 0 aliphatic heterocycles. The van der Waals surface area contributed by atoms with Crippen molar-refractivity contribution in [2.24, 2.45) is 5.92 Å². The highest BCUT2D eigenvalue weighted by molar-refractivity contribution is 5.90. The monoisotopic (exact) mass is 468 g/mol. The van der Waals surface area contributed by atoms with Crippen LogP contribution in [0.1, 0.15) is 44.2 Å². The van der Waals surface area contributed by atoms with Crippen LogP contribution in [-0.2, 0) is 19.1 Å². The van der Waals surface area contributed by atoms with Crippen molar-refractivity contribution in [3.8, 4) is 11.1 Å². The molecule has 3 rings (SSSR count). The summed E-state index contributed by atoms with van der Waals surface area (Å²) in [5, 5.41) is 14.6. The number of carbonyl (C=O) groups is 3. The van der Waals surface area contributed by atoms with Crippen molar-refractivity contribution in [2.45, 2.75) is 51.3 Å². The molecule has 0 fully saturated rings. The van der Waals surface area contributed by atoms with Crippen molar-refractivity contribution in [3.63, 3.8) is 0 Å². The molecule has 2 aromatic carbocycles. The first-order valence-electron chi connectivity index (χ1n) is 11.5. The Morgan fingerprint density at radius 1 is 0.941 bits per heavy atom. The quantitative estimate of drug-likeness (QED) is 0.491. The van der Waals surface area contributed by atoms with Crippen LogP contribution in [0.3, 0.4) is 0 Å². The van der Waals surface area contributed by atoms with Crippen LogP contribution in [0.15, 0.2) is 48.5 Å². The van der Waals surface area contributed by atoms with Crippen LogP contribution in [0.4, 0.5) is 4.79 Å². The lowest BCUT2D eigenvalue weighted by atomic mass is 9.98. The van der Waals surface area contributed by atoms with E-state index in [1.807, 2.05) is 55.5 Å². The normalized spacial score (nSPS) is 15.9. The zero-order valence-electron chi connectivity index (χ0n) is 19.9. The Balaban J connectivity index is 1.69. The second-order valence-electron chi connectivity index (χ2n) is 8.60. The molecule has 1 aliphatic rings. The summed E-state index contributed by atoms with van der Waals surface area (Å²) in [5.74, 6) is -2.18. The van der Waals surface area contributed by atoms with Crippen LogP contribution in [0.25, 0.3) is 11.1 Å². The second-order valence-corrected chi connectivity index (χ2v) is 8.60. The van der Waals surface area contributed by atoms with E-state index in [9.17, 15) is 19.5 Å². The minimum atomic E-state index is -1.13. The second kappa shape index (κ2) is 11.2. The largest absolute Gasteiger partial charge is 0.480 e. The number of carboxylic acid groups (broad SMARTS) is 1. The SMILES string of the molecule is CCC(C)C(NC(=O)[C@@H](NC(=O)OCC1c2ccccc2-c2ccccc21)[C@@H](C)OC)C(=O)O. The van der Waals surface area contributed by atoms with E-state index in [4.69, 9.17) is 9.47 Å². The summed E-state index contributed by atoms with van der Waals surface area (Å²) in [7, 11) is 1.41. The van der Waals surface area contributed by atoms with E-state index in [-0.39, 0.29) is 18.4 Å². The number of rotatable bonds is 10. The molecule has 0 aromatic heterocycles. The standard InChI is InChI=1S/C26H32N2O6/c1-5-15(2)22(25(30)31)27-24(29)23(16(3)33-4)28-26(32)34-14-21-19-12-8-6-10-17(19)18-11-7-9-13-20(18)21/h6-13,15-16,21-23H,5,14H2,1-4H3,(H,27,29)(H,28,32)(H,30,31)/t15?,16-,22?,23+/m1/s1. The zero-order valence-corrected chi connectivity index (χ0v) is 19.9. The van der Waals surface area contributed by atoms with Gasteiger partial charge in [-0.15, -0.1) is 0 Å². The number of hydrogen-bond acceptors (Lipinski definition) is 5. The van der Waals surface area contributed by atoms with E-state index in [2.05, 4.69) is 10.6 Å². The fraction of sp³-hybridized carbons (Fsp3) is 0.423. The molecule has 8 heteroatoms. The predicted octanol–water partition coefficient (Wildman–Crippen LogP) is 3.54. The van der Waals surface area contributed by atoms with Gasteiger partial charge in [0.1, 0.15) is 18.7 Å². The van der Waals surface area contributed by atoms with Crippen molar-refractivity contribution >= 4 is 18.0 Å². The summed E-state index contributed by atoms with van der Waals surface area (Å²) in [6.45, 7) is 5.30. The summed E-state index contributed by atoms with van der Waals surface area (Å²) in [6, 6.07) is 13.8. The molecule has 1 aliphatic carbocycles. The number of carboxylic acids is 1. The highest BCUT2D eigenvalue weighted by atomic mass is 16.5.